The summed E-state index contributed by atoms with van der Waals surface area (Å²) in [6, 6.07) is 6.99. The van der Waals surface area contributed by atoms with Crippen molar-refractivity contribution in [3.05, 3.63) is 48.5 Å². The molecule has 0 unspecified atom stereocenters. The van der Waals surface area contributed by atoms with Crippen molar-refractivity contribution in [3.8, 4) is 0 Å². The molecular formula is C13H15NaO13S4. The predicted molar refractivity (Wildman–Crippen MR) is 106 cm³/mol. The van der Waals surface area contributed by atoms with E-state index in [2.05, 4.69) is 0 Å². The normalized spacial score (nSPS) is 11.6. The summed E-state index contributed by atoms with van der Waals surface area (Å²) in [4.78, 5) is 6.24. The molecule has 0 saturated carbocycles. The molecular weight excluding hydrogens is 515 g/mol. The van der Waals surface area contributed by atoms with Crippen LogP contribution >= 0.6 is 0 Å². The minimum atomic E-state index is -4.34. The first-order valence-electron chi connectivity index (χ1n) is 6.81. The molecule has 0 amide bonds. The van der Waals surface area contributed by atoms with E-state index in [-0.39, 0.29) is 29.6 Å². The number of hydrogen-bond donors (Lipinski definition) is 4. The van der Waals surface area contributed by atoms with E-state index in [1.807, 2.05) is 6.79 Å². The molecule has 0 bridgehead atoms. The molecule has 170 valence electrons. The van der Waals surface area contributed by atoms with Crippen LogP contribution in [-0.4, -0.2) is 88.2 Å². The maximum absolute atomic E-state index is 10.5. The molecule has 31 heavy (non-hydrogen) atoms. The summed E-state index contributed by atoms with van der Waals surface area (Å²) in [5.74, 6) is 0. The van der Waals surface area contributed by atoms with E-state index < -0.39 is 60.1 Å². The molecule has 2 aromatic carbocycles. The zero-order valence-electron chi connectivity index (χ0n) is 14.4. The van der Waals surface area contributed by atoms with Crippen LogP contribution in [0.1, 0.15) is 0 Å². The average molecular weight is 531 g/mol. The van der Waals surface area contributed by atoms with Gasteiger partial charge >= 0.3 is 29.6 Å². The first-order valence-corrected chi connectivity index (χ1v) is 12.6. The van der Waals surface area contributed by atoms with E-state index in [1.54, 1.807) is 0 Å². The van der Waals surface area contributed by atoms with Crippen molar-refractivity contribution in [1.29, 1.82) is 0 Å². The fourth-order valence-electron chi connectivity index (χ4n) is 1.57. The Kier molecular flexibility index (Phi) is 12.5. The van der Waals surface area contributed by atoms with Crippen molar-refractivity contribution < 1.29 is 56.7 Å². The van der Waals surface area contributed by atoms with Gasteiger partial charge in [-0.25, -0.2) is 0 Å². The van der Waals surface area contributed by atoms with E-state index in [0.717, 1.165) is 48.5 Å². The van der Waals surface area contributed by atoms with Crippen LogP contribution in [0.4, 0.5) is 0 Å². The molecule has 0 aliphatic rings. The molecule has 0 saturated heterocycles. The molecule has 18 heteroatoms. The van der Waals surface area contributed by atoms with Gasteiger partial charge in [-0.3, -0.25) is 18.2 Å². The Morgan fingerprint density at radius 2 is 0.516 bits per heavy atom. The van der Waals surface area contributed by atoms with Crippen molar-refractivity contribution in [2.24, 2.45) is 0 Å². The molecule has 0 fully saturated rings. The van der Waals surface area contributed by atoms with Crippen LogP contribution in [0.3, 0.4) is 0 Å². The predicted octanol–water partition coefficient (Wildman–Crippen LogP) is -0.473. The zero-order valence-corrected chi connectivity index (χ0v) is 17.7. The van der Waals surface area contributed by atoms with Crippen LogP contribution in [0.25, 0.3) is 0 Å². The maximum atomic E-state index is 10.5. The van der Waals surface area contributed by atoms with Crippen LogP contribution < -0.4 is 0 Å². The SMILES string of the molecule is C=O.O=S(=O)(O)c1ccc(S(=O)(=O)O)cc1.O=S(=O)(O)c1ccc(S(=O)(=O)O)cc1.[NaH]. The van der Waals surface area contributed by atoms with Gasteiger partial charge in [-0.2, -0.15) is 33.7 Å². The van der Waals surface area contributed by atoms with E-state index in [1.165, 1.54) is 0 Å². The molecule has 13 nitrogen and oxygen atoms in total. The van der Waals surface area contributed by atoms with E-state index in [4.69, 9.17) is 23.0 Å². The first-order chi connectivity index (χ1) is 13.4. The van der Waals surface area contributed by atoms with E-state index in [9.17, 15) is 33.7 Å². The number of hydrogen-bond acceptors (Lipinski definition) is 9. The monoisotopic (exact) mass is 530 g/mol. The van der Waals surface area contributed by atoms with Crippen molar-refractivity contribution in [2.75, 3.05) is 0 Å². The van der Waals surface area contributed by atoms with Gasteiger partial charge in [-0.05, 0) is 48.5 Å². The Bertz CT molecular complexity index is 1070. The Balaban J connectivity index is 0. The summed E-state index contributed by atoms with van der Waals surface area (Å²) in [6.07, 6.45) is 0. The molecule has 4 N–H and O–H groups in total. The van der Waals surface area contributed by atoms with Crippen molar-refractivity contribution in [1.82, 2.24) is 0 Å². The second-order valence-electron chi connectivity index (χ2n) is 4.84. The van der Waals surface area contributed by atoms with Gasteiger partial charge in [0.15, 0.2) is 0 Å². The Morgan fingerprint density at radius 3 is 0.581 bits per heavy atom. The van der Waals surface area contributed by atoms with Gasteiger partial charge < -0.3 is 4.79 Å². The van der Waals surface area contributed by atoms with Gasteiger partial charge in [-0.15, -0.1) is 0 Å². The Hall–Kier alpha value is -1.25. The van der Waals surface area contributed by atoms with E-state index in [0.29, 0.717) is 0 Å². The second-order valence-corrected chi connectivity index (χ2v) is 10.5. The van der Waals surface area contributed by atoms with E-state index >= 15 is 0 Å². The third kappa shape index (κ3) is 11.3. The fraction of sp³-hybridized carbons (Fsp3) is 0. The molecule has 2 aromatic rings. The fourth-order valence-corrected chi connectivity index (χ4v) is 3.49. The summed E-state index contributed by atoms with van der Waals surface area (Å²) in [5.41, 5.74) is 0. The van der Waals surface area contributed by atoms with Crippen molar-refractivity contribution >= 4 is 76.8 Å². The van der Waals surface area contributed by atoms with Crippen molar-refractivity contribution in [3.63, 3.8) is 0 Å². The summed E-state index contributed by atoms with van der Waals surface area (Å²) < 4.78 is 118. The third-order valence-corrected chi connectivity index (χ3v) is 6.31. The summed E-state index contributed by atoms with van der Waals surface area (Å²) in [7, 11) is -17.4. The van der Waals surface area contributed by atoms with Crippen LogP contribution in [0.5, 0.6) is 0 Å². The summed E-state index contributed by atoms with van der Waals surface area (Å²) in [5, 5.41) is 0. The summed E-state index contributed by atoms with van der Waals surface area (Å²) >= 11 is 0. The molecule has 0 aliphatic carbocycles. The summed E-state index contributed by atoms with van der Waals surface area (Å²) in [6.45, 7) is 2.00. The molecule has 0 aliphatic heterocycles. The topological polar surface area (TPSA) is 235 Å². The van der Waals surface area contributed by atoms with Gasteiger partial charge in [0, 0.05) is 0 Å². The third-order valence-electron chi connectivity index (χ3n) is 2.84. The second kappa shape index (κ2) is 12.1. The number of carbonyl (C=O) groups is 1. The number of carbonyl (C=O) groups excluding carboxylic acids is 1. The zero-order chi connectivity index (χ0) is 24.0. The molecule has 0 spiro atoms. The number of rotatable bonds is 4. The first kappa shape index (κ1) is 31.9. The Morgan fingerprint density at radius 1 is 0.419 bits per heavy atom. The molecule has 0 radical (unpaired) electrons. The number of benzene rings is 2. The van der Waals surface area contributed by atoms with Crippen LogP contribution in [0.2, 0.25) is 0 Å². The quantitative estimate of drug-likeness (QED) is 0.289. The molecule has 2 rings (SSSR count). The molecule has 0 aromatic heterocycles. The van der Waals surface area contributed by atoms with Gasteiger partial charge in [0.05, 0.1) is 19.6 Å². The Labute approximate surface area is 200 Å². The van der Waals surface area contributed by atoms with Crippen LogP contribution in [0, 0.1) is 0 Å². The van der Waals surface area contributed by atoms with Gasteiger partial charge in [0.2, 0.25) is 0 Å². The van der Waals surface area contributed by atoms with Crippen LogP contribution in [-0.2, 0) is 45.3 Å². The van der Waals surface area contributed by atoms with Gasteiger partial charge in [0.25, 0.3) is 40.5 Å². The van der Waals surface area contributed by atoms with Crippen LogP contribution in [0.15, 0.2) is 68.1 Å². The standard InChI is InChI=1S/2C6H6O6S2.CH2O.Na.H/c2*7-13(8,9)5-1-2-6(4-3-5)14(10,11)12;1-2;;/h2*1-4H,(H,7,8,9)(H,10,11,12);1H2;;. The van der Waals surface area contributed by atoms with Crippen molar-refractivity contribution in [2.45, 2.75) is 19.6 Å². The van der Waals surface area contributed by atoms with Gasteiger partial charge in [0.1, 0.15) is 6.79 Å². The van der Waals surface area contributed by atoms with Gasteiger partial charge in [-0.1, -0.05) is 0 Å². The molecule has 0 heterocycles. The average Bonchev–Trinajstić information content (AvgIpc) is 2.61. The molecule has 0 atom stereocenters. The minimum absolute atomic E-state index is 0.